The molecule has 0 N–H and O–H groups in total. The molecule has 1 aliphatic heterocycles. The van der Waals surface area contributed by atoms with Gasteiger partial charge in [-0.2, -0.15) is 13.2 Å². The van der Waals surface area contributed by atoms with Gasteiger partial charge in [0.05, 0.1) is 49.1 Å². The maximum atomic E-state index is 14.3. The fraction of sp³-hybridized carbons (Fsp3) is 0.314. The van der Waals surface area contributed by atoms with Crippen molar-refractivity contribution in [1.29, 1.82) is 0 Å². The van der Waals surface area contributed by atoms with E-state index < -0.39 is 29.6 Å². The van der Waals surface area contributed by atoms with Crippen LogP contribution in [0.2, 0.25) is 0 Å². The van der Waals surface area contributed by atoms with Crippen molar-refractivity contribution in [2.45, 2.75) is 39.2 Å². The third-order valence-electron chi connectivity index (χ3n) is 7.52. The number of nitrogens with zero attached hydrogens (tertiary/aromatic N) is 1. The Labute approximate surface area is 260 Å². The molecule has 0 amide bonds. The summed E-state index contributed by atoms with van der Waals surface area (Å²) in [4.78, 5) is 28.8. The lowest BCUT2D eigenvalue weighted by Gasteiger charge is -2.36. The minimum Gasteiger partial charge on any atom is -0.460 e. The van der Waals surface area contributed by atoms with Crippen LogP contribution in [-0.4, -0.2) is 50.3 Å². The van der Waals surface area contributed by atoms with Gasteiger partial charge < -0.3 is 23.8 Å². The first-order chi connectivity index (χ1) is 21.6. The van der Waals surface area contributed by atoms with Crippen molar-refractivity contribution < 1.29 is 41.7 Å². The summed E-state index contributed by atoms with van der Waals surface area (Å²) in [7, 11) is 1.63. The highest BCUT2D eigenvalue weighted by Crippen LogP contribution is 2.46. The van der Waals surface area contributed by atoms with Crippen LogP contribution in [0.5, 0.6) is 0 Å². The summed E-state index contributed by atoms with van der Waals surface area (Å²) in [5.74, 6) is -3.10. The van der Waals surface area contributed by atoms with Crippen LogP contribution < -0.4 is 0 Å². The molecule has 3 aromatic carbocycles. The van der Waals surface area contributed by atoms with E-state index in [1.165, 1.54) is 18.2 Å². The number of allylic oxidation sites excluding steroid dienone is 2. The second-order valence-corrected chi connectivity index (χ2v) is 10.4. The maximum Gasteiger partial charge on any atom is 0.416 e. The van der Waals surface area contributed by atoms with Crippen molar-refractivity contribution >= 4 is 11.9 Å². The lowest BCUT2D eigenvalue weighted by atomic mass is 9.78. The molecule has 0 bridgehead atoms. The summed E-state index contributed by atoms with van der Waals surface area (Å²) >= 11 is 0. The Hall–Kier alpha value is -4.41. The van der Waals surface area contributed by atoms with E-state index in [-0.39, 0.29) is 43.1 Å². The minimum atomic E-state index is -4.75. The Kier molecular flexibility index (Phi) is 11.6. The van der Waals surface area contributed by atoms with Crippen molar-refractivity contribution in [3.05, 3.63) is 130 Å². The van der Waals surface area contributed by atoms with Gasteiger partial charge in [0, 0.05) is 18.4 Å². The standard InChI is InChI=1S/C35H36F3NO6/c1-24-30(33(40)44-20-18-42-22-26-12-6-4-7-13-26)32(28-16-10-11-17-29(28)35(36,37)38)31(25(2)39(24)3)34(41)45-21-19-43-23-27-14-8-5-9-15-27/h4-17,32H,18-23H2,1-3H3. The zero-order valence-electron chi connectivity index (χ0n) is 25.4. The Bertz CT molecular complexity index is 1430. The smallest absolute Gasteiger partial charge is 0.416 e. The zero-order chi connectivity index (χ0) is 32.4. The summed E-state index contributed by atoms with van der Waals surface area (Å²) in [6, 6.07) is 23.8. The summed E-state index contributed by atoms with van der Waals surface area (Å²) in [6.45, 7) is 3.68. The van der Waals surface area contributed by atoms with E-state index in [4.69, 9.17) is 18.9 Å². The Morgan fingerprint density at radius 1 is 0.667 bits per heavy atom. The number of rotatable bonds is 13. The average Bonchev–Trinajstić information content (AvgIpc) is 3.03. The van der Waals surface area contributed by atoms with Crippen molar-refractivity contribution in [1.82, 2.24) is 4.90 Å². The monoisotopic (exact) mass is 623 g/mol. The third kappa shape index (κ3) is 8.61. The molecule has 1 aliphatic rings. The van der Waals surface area contributed by atoms with Crippen LogP contribution in [0.25, 0.3) is 0 Å². The molecule has 0 radical (unpaired) electrons. The summed E-state index contributed by atoms with van der Waals surface area (Å²) < 4.78 is 65.1. The molecule has 0 aromatic heterocycles. The van der Waals surface area contributed by atoms with Gasteiger partial charge in [0.2, 0.25) is 0 Å². The van der Waals surface area contributed by atoms with Crippen LogP contribution in [0.1, 0.15) is 42.0 Å². The predicted molar refractivity (Wildman–Crippen MR) is 161 cm³/mol. The first-order valence-electron chi connectivity index (χ1n) is 14.5. The second kappa shape index (κ2) is 15.5. The lowest BCUT2D eigenvalue weighted by Crippen LogP contribution is -2.35. The molecular formula is C35H36F3NO6. The molecule has 0 aliphatic carbocycles. The van der Waals surface area contributed by atoms with Crippen LogP contribution in [-0.2, 0) is 47.9 Å². The molecule has 0 saturated heterocycles. The number of carbonyl (C=O) groups excluding carboxylic acids is 2. The molecule has 238 valence electrons. The van der Waals surface area contributed by atoms with Crippen LogP contribution in [0.4, 0.5) is 13.2 Å². The van der Waals surface area contributed by atoms with Gasteiger partial charge in [-0.3, -0.25) is 0 Å². The zero-order valence-corrected chi connectivity index (χ0v) is 25.4. The molecule has 0 atom stereocenters. The van der Waals surface area contributed by atoms with E-state index in [0.29, 0.717) is 24.6 Å². The molecule has 4 rings (SSSR count). The third-order valence-corrected chi connectivity index (χ3v) is 7.52. The van der Waals surface area contributed by atoms with Crippen LogP contribution in [0.15, 0.2) is 107 Å². The van der Waals surface area contributed by atoms with Gasteiger partial charge in [-0.15, -0.1) is 0 Å². The number of hydrogen-bond acceptors (Lipinski definition) is 7. The molecule has 3 aromatic rings. The summed E-state index contributed by atoms with van der Waals surface area (Å²) in [5.41, 5.74) is 1.19. The van der Waals surface area contributed by atoms with Crippen LogP contribution >= 0.6 is 0 Å². The van der Waals surface area contributed by atoms with Gasteiger partial charge in [0.15, 0.2) is 0 Å². The maximum absolute atomic E-state index is 14.3. The number of alkyl halides is 3. The highest BCUT2D eigenvalue weighted by Gasteiger charge is 2.44. The molecule has 1 heterocycles. The van der Waals surface area contributed by atoms with Gasteiger partial charge >= 0.3 is 18.1 Å². The molecule has 45 heavy (non-hydrogen) atoms. The fourth-order valence-electron chi connectivity index (χ4n) is 5.09. The van der Waals surface area contributed by atoms with Gasteiger partial charge in [0.25, 0.3) is 0 Å². The highest BCUT2D eigenvalue weighted by atomic mass is 19.4. The largest absolute Gasteiger partial charge is 0.460 e. The Morgan fingerprint density at radius 3 is 1.53 bits per heavy atom. The van der Waals surface area contributed by atoms with E-state index in [9.17, 15) is 22.8 Å². The van der Waals surface area contributed by atoms with Gasteiger partial charge in [0.1, 0.15) is 13.2 Å². The molecule has 10 heteroatoms. The Balaban J connectivity index is 1.55. The predicted octanol–water partition coefficient (Wildman–Crippen LogP) is 6.80. The van der Waals surface area contributed by atoms with Gasteiger partial charge in [-0.05, 0) is 36.6 Å². The second-order valence-electron chi connectivity index (χ2n) is 10.4. The normalized spacial score (nSPS) is 14.1. The van der Waals surface area contributed by atoms with Crippen LogP contribution in [0.3, 0.4) is 0 Å². The first-order valence-corrected chi connectivity index (χ1v) is 14.5. The van der Waals surface area contributed by atoms with Crippen LogP contribution in [0, 0.1) is 0 Å². The summed E-state index contributed by atoms with van der Waals surface area (Å²) in [6.07, 6.45) is -4.75. The molecule has 0 fully saturated rings. The summed E-state index contributed by atoms with van der Waals surface area (Å²) in [5, 5.41) is 0. The van der Waals surface area contributed by atoms with E-state index in [2.05, 4.69) is 0 Å². The van der Waals surface area contributed by atoms with E-state index in [1.807, 2.05) is 60.7 Å². The Morgan fingerprint density at radius 2 is 1.09 bits per heavy atom. The number of halogens is 3. The van der Waals surface area contributed by atoms with Gasteiger partial charge in [-0.25, -0.2) is 9.59 Å². The molecule has 7 nitrogen and oxygen atoms in total. The number of hydrogen-bond donors (Lipinski definition) is 0. The average molecular weight is 624 g/mol. The molecule has 0 spiro atoms. The minimum absolute atomic E-state index is 0.0688. The molecule has 0 saturated carbocycles. The van der Waals surface area contributed by atoms with E-state index in [0.717, 1.165) is 17.2 Å². The SMILES string of the molecule is CC1=C(C(=O)OCCOCc2ccccc2)C(c2ccccc2C(F)(F)F)C(C(=O)OCCOCc2ccccc2)=C(C)N1C. The van der Waals surface area contributed by atoms with Crippen molar-refractivity contribution in [2.24, 2.45) is 0 Å². The number of benzene rings is 3. The number of carbonyl (C=O) groups is 2. The quantitative estimate of drug-likeness (QED) is 0.153. The molecular weight excluding hydrogens is 587 g/mol. The van der Waals surface area contributed by atoms with Gasteiger partial charge in [-0.1, -0.05) is 78.9 Å². The fourth-order valence-corrected chi connectivity index (χ4v) is 5.09. The van der Waals surface area contributed by atoms with Crippen molar-refractivity contribution in [3.63, 3.8) is 0 Å². The number of ether oxygens (including phenoxy) is 4. The van der Waals surface area contributed by atoms with E-state index in [1.54, 1.807) is 25.8 Å². The highest BCUT2D eigenvalue weighted by molar-refractivity contribution is 6.00. The molecule has 0 unspecified atom stereocenters. The van der Waals surface area contributed by atoms with Crippen molar-refractivity contribution in [2.75, 3.05) is 33.5 Å². The topological polar surface area (TPSA) is 74.3 Å². The first kappa shape index (κ1) is 33.5. The van der Waals surface area contributed by atoms with E-state index >= 15 is 0 Å². The number of esters is 2. The van der Waals surface area contributed by atoms with Crippen molar-refractivity contribution in [3.8, 4) is 0 Å². The lowest BCUT2D eigenvalue weighted by molar-refractivity contribution is -0.143.